The molecule has 0 atom stereocenters. The Morgan fingerprint density at radius 3 is 2.20 bits per heavy atom. The maximum atomic E-state index is 11.9. The van der Waals surface area contributed by atoms with Crippen molar-refractivity contribution in [3.63, 3.8) is 0 Å². The third-order valence-corrected chi connectivity index (χ3v) is 5.41. The normalized spacial score (nSPS) is 10.9. The van der Waals surface area contributed by atoms with Crippen molar-refractivity contribution in [1.29, 1.82) is 10.5 Å². The molecule has 0 bridgehead atoms. The lowest BCUT2D eigenvalue weighted by Gasteiger charge is -2.15. The second-order valence-corrected chi connectivity index (χ2v) is 7.07. The SMILES string of the molecule is N#CCN(CC#N)S(=O)(=O)CCSc1ccc(N)cc1. The van der Waals surface area contributed by atoms with Crippen LogP contribution in [0.1, 0.15) is 0 Å². The van der Waals surface area contributed by atoms with Crippen molar-refractivity contribution in [3.05, 3.63) is 24.3 Å². The molecule has 0 aromatic heterocycles. The number of benzene rings is 1. The first-order valence-corrected chi connectivity index (χ1v) is 8.29. The van der Waals surface area contributed by atoms with Crippen LogP contribution < -0.4 is 5.73 Å². The van der Waals surface area contributed by atoms with Gasteiger partial charge in [0, 0.05) is 16.3 Å². The molecule has 2 N–H and O–H groups in total. The standard InChI is InChI=1S/C12H14N4O2S2/c13-5-7-16(8-6-14)20(17,18)10-9-19-12-3-1-11(15)2-4-12/h1-4H,7-10,15H2. The van der Waals surface area contributed by atoms with Gasteiger partial charge in [0.25, 0.3) is 0 Å². The summed E-state index contributed by atoms with van der Waals surface area (Å²) in [7, 11) is -3.58. The lowest BCUT2D eigenvalue weighted by Crippen LogP contribution is -2.34. The monoisotopic (exact) mass is 310 g/mol. The van der Waals surface area contributed by atoms with E-state index in [0.29, 0.717) is 11.4 Å². The predicted octanol–water partition coefficient (Wildman–Crippen LogP) is 1.04. The second-order valence-electron chi connectivity index (χ2n) is 3.82. The maximum Gasteiger partial charge on any atom is 0.216 e. The van der Waals surface area contributed by atoms with Crippen molar-refractivity contribution < 1.29 is 8.42 Å². The first-order chi connectivity index (χ1) is 9.49. The van der Waals surface area contributed by atoms with Gasteiger partial charge in [-0.1, -0.05) is 0 Å². The van der Waals surface area contributed by atoms with E-state index in [0.717, 1.165) is 9.20 Å². The number of nitrogens with zero attached hydrogens (tertiary/aromatic N) is 3. The Kier molecular flexibility index (Phi) is 6.32. The fraction of sp³-hybridized carbons (Fsp3) is 0.333. The minimum atomic E-state index is -3.58. The maximum absolute atomic E-state index is 11.9. The molecule has 0 amide bonds. The van der Waals surface area contributed by atoms with Crippen LogP contribution in [0.2, 0.25) is 0 Å². The fourth-order valence-electron chi connectivity index (χ4n) is 1.37. The van der Waals surface area contributed by atoms with Crippen LogP contribution in [0.4, 0.5) is 5.69 Å². The lowest BCUT2D eigenvalue weighted by atomic mass is 10.3. The third kappa shape index (κ3) is 5.10. The first kappa shape index (κ1) is 16.3. The molecule has 1 aromatic carbocycles. The molecule has 0 fully saturated rings. The molecule has 106 valence electrons. The van der Waals surface area contributed by atoms with E-state index < -0.39 is 10.0 Å². The van der Waals surface area contributed by atoms with Gasteiger partial charge in [0.15, 0.2) is 0 Å². The fourth-order valence-corrected chi connectivity index (χ4v) is 3.88. The lowest BCUT2D eigenvalue weighted by molar-refractivity contribution is 0.481. The molecule has 0 aliphatic rings. The van der Waals surface area contributed by atoms with Gasteiger partial charge in [-0.15, -0.1) is 11.8 Å². The Labute approximate surface area is 122 Å². The van der Waals surface area contributed by atoms with Crippen molar-refractivity contribution in [2.45, 2.75) is 4.90 Å². The highest BCUT2D eigenvalue weighted by Crippen LogP contribution is 2.19. The van der Waals surface area contributed by atoms with Gasteiger partial charge in [0.05, 0.1) is 17.9 Å². The zero-order valence-corrected chi connectivity index (χ0v) is 12.3. The highest BCUT2D eigenvalue weighted by molar-refractivity contribution is 8.00. The molecular weight excluding hydrogens is 296 g/mol. The van der Waals surface area contributed by atoms with Crippen LogP contribution >= 0.6 is 11.8 Å². The highest BCUT2D eigenvalue weighted by Gasteiger charge is 2.21. The Hall–Kier alpha value is -1.74. The smallest absolute Gasteiger partial charge is 0.216 e. The van der Waals surface area contributed by atoms with Gasteiger partial charge in [-0.3, -0.25) is 0 Å². The van der Waals surface area contributed by atoms with Gasteiger partial charge in [-0.25, -0.2) is 8.42 Å². The number of nitrogens with two attached hydrogens (primary N) is 1. The molecule has 0 heterocycles. The Balaban J connectivity index is 2.56. The van der Waals surface area contributed by atoms with E-state index in [9.17, 15) is 8.42 Å². The summed E-state index contributed by atoms with van der Waals surface area (Å²) in [6, 6.07) is 10.6. The molecular formula is C12H14N4O2S2. The Morgan fingerprint density at radius 2 is 1.70 bits per heavy atom. The predicted molar refractivity (Wildman–Crippen MR) is 78.2 cm³/mol. The van der Waals surface area contributed by atoms with E-state index >= 15 is 0 Å². The number of nitrogen functional groups attached to an aromatic ring is 1. The molecule has 0 spiro atoms. The summed E-state index contributed by atoms with van der Waals surface area (Å²) in [5, 5.41) is 17.1. The van der Waals surface area contributed by atoms with E-state index in [1.807, 2.05) is 12.1 Å². The van der Waals surface area contributed by atoms with Gasteiger partial charge >= 0.3 is 0 Å². The van der Waals surface area contributed by atoms with E-state index in [2.05, 4.69) is 0 Å². The molecule has 0 unspecified atom stereocenters. The van der Waals surface area contributed by atoms with E-state index in [1.54, 1.807) is 24.3 Å². The van der Waals surface area contributed by atoms with Crippen molar-refractivity contribution in [2.75, 3.05) is 30.3 Å². The largest absolute Gasteiger partial charge is 0.399 e. The summed E-state index contributed by atoms with van der Waals surface area (Å²) in [4.78, 5) is 0.918. The number of rotatable bonds is 7. The average Bonchev–Trinajstić information content (AvgIpc) is 2.41. The molecule has 1 aromatic rings. The molecule has 0 aliphatic carbocycles. The quantitative estimate of drug-likeness (QED) is 0.457. The van der Waals surface area contributed by atoms with Crippen LogP contribution in [-0.4, -0.2) is 37.3 Å². The van der Waals surface area contributed by atoms with Gasteiger partial charge in [-0.2, -0.15) is 14.8 Å². The molecule has 6 nitrogen and oxygen atoms in total. The molecule has 20 heavy (non-hydrogen) atoms. The molecule has 0 saturated heterocycles. The number of nitriles is 2. The van der Waals surface area contributed by atoms with Gasteiger partial charge < -0.3 is 5.73 Å². The van der Waals surface area contributed by atoms with Crippen LogP contribution in [0.3, 0.4) is 0 Å². The number of hydrogen-bond acceptors (Lipinski definition) is 6. The van der Waals surface area contributed by atoms with Crippen LogP contribution in [0.25, 0.3) is 0 Å². The highest BCUT2D eigenvalue weighted by atomic mass is 32.2. The van der Waals surface area contributed by atoms with Gasteiger partial charge in [0.1, 0.15) is 13.1 Å². The van der Waals surface area contributed by atoms with Crippen LogP contribution in [-0.2, 0) is 10.0 Å². The van der Waals surface area contributed by atoms with Crippen molar-refractivity contribution in [1.82, 2.24) is 4.31 Å². The van der Waals surface area contributed by atoms with Crippen molar-refractivity contribution >= 4 is 27.5 Å². The van der Waals surface area contributed by atoms with E-state index in [-0.39, 0.29) is 18.8 Å². The topological polar surface area (TPSA) is 111 Å². The van der Waals surface area contributed by atoms with E-state index in [4.69, 9.17) is 16.3 Å². The summed E-state index contributed by atoms with van der Waals surface area (Å²) in [5.74, 6) is 0.227. The van der Waals surface area contributed by atoms with Crippen LogP contribution in [0.15, 0.2) is 29.2 Å². The summed E-state index contributed by atoms with van der Waals surface area (Å²) in [6.07, 6.45) is 0. The summed E-state index contributed by atoms with van der Waals surface area (Å²) < 4.78 is 24.8. The van der Waals surface area contributed by atoms with Crippen molar-refractivity contribution in [2.24, 2.45) is 0 Å². The first-order valence-electron chi connectivity index (χ1n) is 5.69. The molecule has 0 aliphatic heterocycles. The van der Waals surface area contributed by atoms with Crippen LogP contribution in [0.5, 0.6) is 0 Å². The average molecular weight is 310 g/mol. The zero-order valence-electron chi connectivity index (χ0n) is 10.7. The van der Waals surface area contributed by atoms with Crippen LogP contribution in [0, 0.1) is 22.7 Å². The summed E-state index contributed by atoms with van der Waals surface area (Å²) in [6.45, 7) is -0.606. The summed E-state index contributed by atoms with van der Waals surface area (Å²) in [5.41, 5.74) is 6.21. The second kappa shape index (κ2) is 7.75. The molecule has 0 saturated carbocycles. The summed E-state index contributed by atoms with van der Waals surface area (Å²) >= 11 is 1.38. The van der Waals surface area contributed by atoms with Gasteiger partial charge in [-0.05, 0) is 24.3 Å². The Bertz CT molecular complexity index is 598. The number of hydrogen-bond donors (Lipinski definition) is 1. The van der Waals surface area contributed by atoms with E-state index in [1.165, 1.54) is 11.8 Å². The van der Waals surface area contributed by atoms with Crippen molar-refractivity contribution in [3.8, 4) is 12.1 Å². The number of thioether (sulfide) groups is 1. The van der Waals surface area contributed by atoms with Gasteiger partial charge in [0.2, 0.25) is 10.0 Å². The Morgan fingerprint density at radius 1 is 1.15 bits per heavy atom. The molecule has 1 rings (SSSR count). The number of anilines is 1. The minimum Gasteiger partial charge on any atom is -0.399 e. The molecule has 8 heteroatoms. The minimum absolute atomic E-state index is 0.120. The third-order valence-electron chi connectivity index (χ3n) is 2.38. The zero-order chi connectivity index (χ0) is 15.0. The molecule has 0 radical (unpaired) electrons. The number of sulfonamides is 1.